The number of halogens is 1. The smallest absolute Gasteiger partial charge is 0.250 e. The fraction of sp³-hybridized carbons (Fsp3) is 0.222. The first-order chi connectivity index (χ1) is 12.0. The molecule has 1 unspecified atom stereocenters. The van der Waals surface area contributed by atoms with Gasteiger partial charge in [0, 0.05) is 17.2 Å². The molecule has 130 valence electrons. The van der Waals surface area contributed by atoms with Crippen molar-refractivity contribution in [3.05, 3.63) is 59.9 Å². The summed E-state index contributed by atoms with van der Waals surface area (Å²) in [4.78, 5) is 0. The van der Waals surface area contributed by atoms with Gasteiger partial charge in [0.25, 0.3) is 0 Å². The number of para-hydroxylation sites is 1. The average Bonchev–Trinajstić information content (AvgIpc) is 3.04. The van der Waals surface area contributed by atoms with Gasteiger partial charge in [-0.3, -0.25) is 0 Å². The van der Waals surface area contributed by atoms with Crippen molar-refractivity contribution in [1.29, 1.82) is 0 Å². The molecule has 1 aromatic heterocycles. The number of ether oxygens (including phenoxy) is 1. The molecule has 0 amide bonds. The summed E-state index contributed by atoms with van der Waals surface area (Å²) < 4.78 is 47.7. The highest BCUT2D eigenvalue weighted by Crippen LogP contribution is 2.30. The number of benzene rings is 2. The van der Waals surface area contributed by atoms with E-state index >= 15 is 0 Å². The molecule has 25 heavy (non-hydrogen) atoms. The molecule has 0 saturated carbocycles. The first-order valence-electron chi connectivity index (χ1n) is 7.91. The third-order valence-corrected chi connectivity index (χ3v) is 7.25. The van der Waals surface area contributed by atoms with E-state index in [1.165, 1.54) is 18.2 Å². The average molecular weight is 377 g/mol. The Morgan fingerprint density at radius 2 is 2.04 bits per heavy atom. The van der Waals surface area contributed by atoms with Crippen molar-refractivity contribution < 1.29 is 17.5 Å². The Balaban J connectivity index is 1.48. The van der Waals surface area contributed by atoms with E-state index < -0.39 is 10.0 Å². The van der Waals surface area contributed by atoms with Crippen LogP contribution in [0.3, 0.4) is 0 Å². The summed E-state index contributed by atoms with van der Waals surface area (Å²) in [5.74, 6) is 0.574. The van der Waals surface area contributed by atoms with E-state index in [0.717, 1.165) is 33.8 Å². The molecule has 3 aromatic rings. The van der Waals surface area contributed by atoms with Gasteiger partial charge in [0.15, 0.2) is 0 Å². The largest absolute Gasteiger partial charge is 0.493 e. The molecule has 1 aliphatic heterocycles. The first-order valence-corrected chi connectivity index (χ1v) is 10.2. The summed E-state index contributed by atoms with van der Waals surface area (Å²) in [6, 6.07) is 13.6. The van der Waals surface area contributed by atoms with Gasteiger partial charge < -0.3 is 4.74 Å². The minimum atomic E-state index is -3.62. The molecule has 4 nitrogen and oxygen atoms in total. The lowest BCUT2D eigenvalue weighted by Gasteiger charge is -2.25. The van der Waals surface area contributed by atoms with Crippen LogP contribution in [0, 0.1) is 11.7 Å². The van der Waals surface area contributed by atoms with Crippen molar-refractivity contribution in [3.8, 4) is 5.75 Å². The molecule has 1 atom stereocenters. The van der Waals surface area contributed by atoms with Gasteiger partial charge in [-0.1, -0.05) is 18.2 Å². The van der Waals surface area contributed by atoms with Crippen LogP contribution in [0.1, 0.15) is 5.56 Å². The van der Waals surface area contributed by atoms with E-state index in [9.17, 15) is 12.8 Å². The minimum Gasteiger partial charge on any atom is -0.493 e. The summed E-state index contributed by atoms with van der Waals surface area (Å²) in [6.45, 7) is 0.788. The molecule has 7 heteroatoms. The maximum atomic E-state index is 13.3. The van der Waals surface area contributed by atoms with E-state index in [1.54, 1.807) is 6.07 Å². The van der Waals surface area contributed by atoms with Crippen molar-refractivity contribution in [2.45, 2.75) is 10.6 Å². The molecule has 0 fully saturated rings. The number of rotatable bonds is 4. The van der Waals surface area contributed by atoms with Crippen LogP contribution in [0.4, 0.5) is 4.39 Å². The van der Waals surface area contributed by atoms with Gasteiger partial charge in [0.05, 0.1) is 6.61 Å². The molecule has 0 saturated heterocycles. The second-order valence-corrected chi connectivity index (χ2v) is 9.17. The Morgan fingerprint density at radius 1 is 1.20 bits per heavy atom. The second-order valence-electron chi connectivity index (χ2n) is 6.09. The minimum absolute atomic E-state index is 0.0801. The van der Waals surface area contributed by atoms with Crippen molar-refractivity contribution >= 4 is 31.4 Å². The fourth-order valence-electron chi connectivity index (χ4n) is 2.94. The summed E-state index contributed by atoms with van der Waals surface area (Å²) in [5.41, 5.74) is 1.09. The van der Waals surface area contributed by atoms with Gasteiger partial charge >= 0.3 is 0 Å². The van der Waals surface area contributed by atoms with Gasteiger partial charge in [-0.25, -0.2) is 17.5 Å². The van der Waals surface area contributed by atoms with E-state index in [0.29, 0.717) is 18.5 Å². The van der Waals surface area contributed by atoms with Crippen LogP contribution < -0.4 is 9.46 Å². The molecule has 0 aliphatic carbocycles. The van der Waals surface area contributed by atoms with Crippen LogP contribution in [0.25, 0.3) is 10.1 Å². The zero-order valence-electron chi connectivity index (χ0n) is 13.2. The van der Waals surface area contributed by atoms with E-state index in [-0.39, 0.29) is 15.9 Å². The molecule has 0 radical (unpaired) electrons. The highest BCUT2D eigenvalue weighted by molar-refractivity contribution is 7.91. The van der Waals surface area contributed by atoms with Gasteiger partial charge in [0.2, 0.25) is 10.0 Å². The van der Waals surface area contributed by atoms with Crippen LogP contribution in [0.15, 0.2) is 52.7 Å². The lowest BCUT2D eigenvalue weighted by Crippen LogP contribution is -2.34. The predicted molar refractivity (Wildman–Crippen MR) is 96.1 cm³/mol. The van der Waals surface area contributed by atoms with Crippen molar-refractivity contribution in [3.63, 3.8) is 0 Å². The lowest BCUT2D eigenvalue weighted by atomic mass is 9.97. The SMILES string of the molecule is O=S(=O)(NCC1COc2ccccc2C1)c1cc2cc(F)ccc2s1. The van der Waals surface area contributed by atoms with Crippen LogP contribution in [-0.4, -0.2) is 21.6 Å². The van der Waals surface area contributed by atoms with Gasteiger partial charge in [0.1, 0.15) is 15.8 Å². The van der Waals surface area contributed by atoms with E-state index in [1.807, 2.05) is 24.3 Å². The number of thiophene rings is 1. The summed E-state index contributed by atoms with van der Waals surface area (Å²) >= 11 is 1.14. The molecule has 0 spiro atoms. The lowest BCUT2D eigenvalue weighted by molar-refractivity contribution is 0.223. The molecular formula is C18H16FNO3S2. The van der Waals surface area contributed by atoms with Crippen LogP contribution in [0.2, 0.25) is 0 Å². The maximum Gasteiger partial charge on any atom is 0.250 e. The quantitative estimate of drug-likeness (QED) is 0.756. The number of sulfonamides is 1. The summed E-state index contributed by atoms with van der Waals surface area (Å²) in [6.07, 6.45) is 0.774. The molecule has 2 aromatic carbocycles. The molecule has 2 heterocycles. The van der Waals surface area contributed by atoms with Crippen molar-refractivity contribution in [2.24, 2.45) is 5.92 Å². The Kier molecular flexibility index (Phi) is 4.23. The Labute approximate surface area is 149 Å². The highest BCUT2D eigenvalue weighted by Gasteiger charge is 2.23. The predicted octanol–water partition coefficient (Wildman–Crippen LogP) is 3.57. The van der Waals surface area contributed by atoms with Crippen LogP contribution in [0.5, 0.6) is 5.75 Å². The molecule has 0 bridgehead atoms. The molecule has 1 aliphatic rings. The summed E-state index contributed by atoms with van der Waals surface area (Å²) in [5, 5.41) is 0.598. The zero-order chi connectivity index (χ0) is 17.4. The van der Waals surface area contributed by atoms with Crippen molar-refractivity contribution in [1.82, 2.24) is 4.72 Å². The third-order valence-electron chi connectivity index (χ3n) is 4.24. The number of fused-ring (bicyclic) bond motifs is 2. The Morgan fingerprint density at radius 3 is 2.92 bits per heavy atom. The molecular weight excluding hydrogens is 361 g/mol. The number of nitrogens with one attached hydrogen (secondary N) is 1. The second kappa shape index (κ2) is 6.40. The normalized spacial score (nSPS) is 17.2. The highest BCUT2D eigenvalue weighted by atomic mass is 32.2. The third kappa shape index (κ3) is 3.40. The van der Waals surface area contributed by atoms with Crippen LogP contribution >= 0.6 is 11.3 Å². The van der Waals surface area contributed by atoms with E-state index in [2.05, 4.69) is 4.72 Å². The van der Waals surface area contributed by atoms with E-state index in [4.69, 9.17) is 4.74 Å². The van der Waals surface area contributed by atoms with Gasteiger partial charge in [-0.05, 0) is 47.7 Å². The number of hydrogen-bond acceptors (Lipinski definition) is 4. The molecule has 1 N–H and O–H groups in total. The first kappa shape index (κ1) is 16.5. The van der Waals surface area contributed by atoms with Gasteiger partial charge in [-0.15, -0.1) is 11.3 Å². The topological polar surface area (TPSA) is 55.4 Å². The fourth-order valence-corrected chi connectivity index (χ4v) is 5.48. The van der Waals surface area contributed by atoms with Crippen molar-refractivity contribution in [2.75, 3.05) is 13.2 Å². The molecule has 4 rings (SSSR count). The Bertz CT molecular complexity index is 1030. The number of hydrogen-bond donors (Lipinski definition) is 1. The van der Waals surface area contributed by atoms with Gasteiger partial charge in [-0.2, -0.15) is 0 Å². The maximum absolute atomic E-state index is 13.3. The monoisotopic (exact) mass is 377 g/mol. The summed E-state index contributed by atoms with van der Waals surface area (Å²) in [7, 11) is -3.62. The zero-order valence-corrected chi connectivity index (χ0v) is 14.9. The standard InChI is InChI=1S/C18H16FNO3S2/c19-15-5-6-17-14(8-15)9-18(24-17)25(21,22)20-10-12-7-13-3-1-2-4-16(13)23-11-12/h1-6,8-9,12,20H,7,10-11H2. The van der Waals surface area contributed by atoms with Crippen LogP contribution in [-0.2, 0) is 16.4 Å². The Hall–Kier alpha value is -1.96.